The number of nitrogens with one attached hydrogen (secondary N) is 1. The number of carbonyl (C=O) groups excluding carboxylic acids is 1. The molecule has 0 aliphatic rings. The molecule has 0 aliphatic heterocycles. The molecule has 0 unspecified atom stereocenters. The molecule has 2 aromatic rings. The van der Waals surface area contributed by atoms with Crippen LogP contribution in [0.3, 0.4) is 0 Å². The summed E-state index contributed by atoms with van der Waals surface area (Å²) >= 11 is 0. The molecule has 29 heavy (non-hydrogen) atoms. The largest absolute Gasteiger partial charge is 0.494 e. The number of benzene rings is 2. The zero-order valence-corrected chi connectivity index (χ0v) is 18.0. The van der Waals surface area contributed by atoms with Gasteiger partial charge in [0.05, 0.1) is 12.3 Å². The monoisotopic (exact) mass is 403 g/mol. The van der Waals surface area contributed by atoms with Crippen LogP contribution >= 0.6 is 0 Å². The molecule has 0 radical (unpaired) electrons. The minimum Gasteiger partial charge on any atom is -0.494 e. The first-order valence-corrected chi connectivity index (χ1v) is 10.2. The Bertz CT molecular complexity index is 733. The highest BCUT2D eigenvalue weighted by molar-refractivity contribution is 6.05. The van der Waals surface area contributed by atoms with Gasteiger partial charge in [0.1, 0.15) is 11.6 Å². The average molecular weight is 404 g/mol. The van der Waals surface area contributed by atoms with Gasteiger partial charge in [-0.05, 0) is 48.9 Å². The third kappa shape index (κ3) is 8.11. The van der Waals surface area contributed by atoms with Crippen LogP contribution in [0.1, 0.15) is 50.4 Å². The molecule has 1 amide bonds. The second-order valence-electron chi connectivity index (χ2n) is 6.62. The van der Waals surface area contributed by atoms with E-state index in [1.165, 1.54) is 23.8 Å². The first-order chi connectivity index (χ1) is 14.0. The number of hydrogen-bond donors (Lipinski definition) is 2. The number of rotatable bonds is 9. The van der Waals surface area contributed by atoms with Gasteiger partial charge in [0, 0.05) is 31.4 Å². The molecule has 0 saturated carbocycles. The molecular weight excluding hydrogens is 369 g/mol. The second-order valence-corrected chi connectivity index (χ2v) is 6.62. The molecule has 0 heterocycles. The molecule has 0 aliphatic carbocycles. The lowest BCUT2D eigenvalue weighted by Gasteiger charge is -2.18. The number of nitrogens with zero attached hydrogens (tertiary/aromatic N) is 1. The fourth-order valence-electron chi connectivity index (χ4n) is 2.29. The number of unbranched alkanes of at least 4 members (excludes halogenated alkanes) is 1. The Morgan fingerprint density at radius 3 is 2.24 bits per heavy atom. The quantitative estimate of drug-likeness (QED) is 0.613. The summed E-state index contributed by atoms with van der Waals surface area (Å²) in [5, 5.41) is 2.90. The van der Waals surface area contributed by atoms with Crippen molar-refractivity contribution in [1.82, 2.24) is 0 Å². The van der Waals surface area contributed by atoms with Crippen LogP contribution < -0.4 is 20.7 Å². The second kappa shape index (κ2) is 13.6. The van der Waals surface area contributed by atoms with Gasteiger partial charge in [-0.2, -0.15) is 0 Å². The van der Waals surface area contributed by atoms with E-state index in [9.17, 15) is 9.18 Å². The topological polar surface area (TPSA) is 67.6 Å². The van der Waals surface area contributed by atoms with Gasteiger partial charge in [-0.15, -0.1) is 0 Å². The van der Waals surface area contributed by atoms with Crippen molar-refractivity contribution in [2.75, 3.05) is 37.0 Å². The fourth-order valence-corrected chi connectivity index (χ4v) is 2.29. The van der Waals surface area contributed by atoms with Gasteiger partial charge in [-0.25, -0.2) is 4.39 Å². The SMILES string of the molecule is CCCC.CCCOc1ccc(C(=O)N(C)c2ccc(NCCN)c(F)c2)cc1. The standard InChI is InChI=1S/C19H24FN3O2.C4H10/c1-3-12-25-16-7-4-14(5-8-16)19(24)23(2)15-6-9-18(17(20)13-15)22-11-10-21;1-3-4-2/h4-9,13,22H,3,10-12,21H2,1-2H3;3-4H2,1-2H3. The molecule has 160 valence electrons. The fraction of sp³-hybridized carbons (Fsp3) is 0.435. The summed E-state index contributed by atoms with van der Waals surface area (Å²) in [4.78, 5) is 14.0. The summed E-state index contributed by atoms with van der Waals surface area (Å²) in [6.07, 6.45) is 3.56. The summed E-state index contributed by atoms with van der Waals surface area (Å²) in [5.74, 6) is 0.0838. The van der Waals surface area contributed by atoms with Gasteiger partial charge < -0.3 is 20.7 Å². The molecule has 6 heteroatoms. The van der Waals surface area contributed by atoms with Crippen molar-refractivity contribution < 1.29 is 13.9 Å². The maximum atomic E-state index is 14.1. The van der Waals surface area contributed by atoms with Crippen LogP contribution in [-0.2, 0) is 0 Å². The van der Waals surface area contributed by atoms with Crippen LogP contribution in [-0.4, -0.2) is 32.7 Å². The number of hydrogen-bond acceptors (Lipinski definition) is 4. The van der Waals surface area contributed by atoms with Crippen molar-refractivity contribution in [2.45, 2.75) is 40.0 Å². The summed E-state index contributed by atoms with van der Waals surface area (Å²) in [6, 6.07) is 11.6. The third-order valence-electron chi connectivity index (χ3n) is 4.18. The van der Waals surface area contributed by atoms with E-state index in [2.05, 4.69) is 19.2 Å². The van der Waals surface area contributed by atoms with Crippen molar-refractivity contribution in [3.05, 3.63) is 53.8 Å². The summed E-state index contributed by atoms with van der Waals surface area (Å²) in [5.41, 5.74) is 6.76. The predicted molar refractivity (Wildman–Crippen MR) is 119 cm³/mol. The van der Waals surface area contributed by atoms with Crippen LogP contribution in [0, 0.1) is 5.82 Å². The van der Waals surface area contributed by atoms with E-state index in [4.69, 9.17) is 10.5 Å². The third-order valence-corrected chi connectivity index (χ3v) is 4.18. The van der Waals surface area contributed by atoms with Gasteiger partial charge in [0.15, 0.2) is 0 Å². The maximum Gasteiger partial charge on any atom is 0.258 e. The van der Waals surface area contributed by atoms with Gasteiger partial charge in [0.25, 0.3) is 5.91 Å². The summed E-state index contributed by atoms with van der Waals surface area (Å²) < 4.78 is 19.6. The molecule has 0 aromatic heterocycles. The van der Waals surface area contributed by atoms with Crippen LogP contribution in [0.4, 0.5) is 15.8 Å². The molecule has 3 N–H and O–H groups in total. The molecule has 5 nitrogen and oxygen atoms in total. The number of carbonyl (C=O) groups is 1. The van der Waals surface area contributed by atoms with Crippen LogP contribution in [0.15, 0.2) is 42.5 Å². The Morgan fingerprint density at radius 1 is 1.07 bits per heavy atom. The van der Waals surface area contributed by atoms with E-state index < -0.39 is 5.82 Å². The minimum atomic E-state index is -0.422. The van der Waals surface area contributed by atoms with E-state index in [1.807, 2.05) is 6.92 Å². The van der Waals surface area contributed by atoms with Gasteiger partial charge >= 0.3 is 0 Å². The van der Waals surface area contributed by atoms with Gasteiger partial charge in [-0.3, -0.25) is 4.79 Å². The number of anilines is 2. The van der Waals surface area contributed by atoms with E-state index in [-0.39, 0.29) is 5.91 Å². The summed E-state index contributed by atoms with van der Waals surface area (Å²) in [6.45, 7) is 7.93. The lowest BCUT2D eigenvalue weighted by atomic mass is 10.1. The summed E-state index contributed by atoms with van der Waals surface area (Å²) in [7, 11) is 1.62. The molecule has 2 aromatic carbocycles. The number of ether oxygens (including phenoxy) is 1. The molecule has 0 fully saturated rings. The Hall–Kier alpha value is -2.60. The Kier molecular flexibility index (Phi) is 11.4. The van der Waals surface area contributed by atoms with Crippen LogP contribution in [0.25, 0.3) is 0 Å². The molecular formula is C23H34FN3O2. The lowest BCUT2D eigenvalue weighted by molar-refractivity contribution is 0.0993. The normalized spacial score (nSPS) is 10.0. The first-order valence-electron chi connectivity index (χ1n) is 10.2. The molecule has 0 spiro atoms. The van der Waals surface area contributed by atoms with Crippen LogP contribution in [0.2, 0.25) is 0 Å². The highest BCUT2D eigenvalue weighted by Gasteiger charge is 2.15. The highest BCUT2D eigenvalue weighted by atomic mass is 19.1. The van der Waals surface area contributed by atoms with Crippen LogP contribution in [0.5, 0.6) is 5.75 Å². The lowest BCUT2D eigenvalue weighted by Crippen LogP contribution is -2.26. The highest BCUT2D eigenvalue weighted by Crippen LogP contribution is 2.23. The Labute approximate surface area is 174 Å². The van der Waals surface area contributed by atoms with Crippen molar-refractivity contribution in [3.63, 3.8) is 0 Å². The number of amides is 1. The van der Waals surface area contributed by atoms with Gasteiger partial charge in [0.2, 0.25) is 0 Å². The molecule has 2 rings (SSSR count). The van der Waals surface area contributed by atoms with Crippen molar-refractivity contribution in [1.29, 1.82) is 0 Å². The minimum absolute atomic E-state index is 0.218. The average Bonchev–Trinajstić information content (AvgIpc) is 2.76. The Balaban J connectivity index is 0.000000960. The zero-order chi connectivity index (χ0) is 21.6. The van der Waals surface area contributed by atoms with Crippen molar-refractivity contribution in [2.24, 2.45) is 5.73 Å². The van der Waals surface area contributed by atoms with Crippen molar-refractivity contribution in [3.8, 4) is 5.75 Å². The van der Waals surface area contributed by atoms with E-state index in [0.29, 0.717) is 36.6 Å². The van der Waals surface area contributed by atoms with E-state index in [0.717, 1.165) is 12.2 Å². The smallest absolute Gasteiger partial charge is 0.258 e. The molecule has 0 saturated heterocycles. The van der Waals surface area contributed by atoms with Gasteiger partial charge in [-0.1, -0.05) is 33.6 Å². The van der Waals surface area contributed by atoms with Crippen molar-refractivity contribution >= 4 is 17.3 Å². The predicted octanol–water partition coefficient (Wildman–Crippen LogP) is 5.07. The Morgan fingerprint density at radius 2 is 1.72 bits per heavy atom. The van der Waals surface area contributed by atoms with E-state index in [1.54, 1.807) is 43.4 Å². The molecule has 0 bridgehead atoms. The zero-order valence-electron chi connectivity index (χ0n) is 18.0. The maximum absolute atomic E-state index is 14.1. The number of nitrogens with two attached hydrogens (primary N) is 1. The number of halogens is 1. The first kappa shape index (κ1) is 24.4. The molecule has 0 atom stereocenters. The van der Waals surface area contributed by atoms with E-state index >= 15 is 0 Å².